The molecule has 0 amide bonds. The molecule has 1 aliphatic carbocycles. The summed E-state index contributed by atoms with van der Waals surface area (Å²) in [5.74, 6) is 1.41. The Balaban J connectivity index is 1.83. The standard InChI is InChI=1S/C15H28N2O2/c1-11(2)13-6-14(16-7-12-4-3-5-12)9-17(8-13)10-15(18)19/h11-14,16H,3-10H2,1-2H3,(H,18,19). The van der Waals surface area contributed by atoms with E-state index < -0.39 is 5.97 Å². The SMILES string of the molecule is CC(C)C1CC(NCC2CCC2)CN(CC(=O)O)C1. The fraction of sp³-hybridized carbons (Fsp3) is 0.933. The van der Waals surface area contributed by atoms with E-state index >= 15 is 0 Å². The zero-order chi connectivity index (χ0) is 13.8. The van der Waals surface area contributed by atoms with Crippen LogP contribution in [0.5, 0.6) is 0 Å². The van der Waals surface area contributed by atoms with Gasteiger partial charge in [-0.15, -0.1) is 0 Å². The molecule has 2 rings (SSSR count). The van der Waals surface area contributed by atoms with Crippen LogP contribution in [-0.4, -0.2) is 48.2 Å². The molecule has 1 saturated heterocycles. The third kappa shape index (κ3) is 4.46. The molecule has 4 nitrogen and oxygen atoms in total. The molecule has 0 aromatic carbocycles. The number of carbonyl (C=O) groups is 1. The Bertz CT molecular complexity index is 303. The maximum Gasteiger partial charge on any atom is 0.317 e. The van der Waals surface area contributed by atoms with Crippen LogP contribution < -0.4 is 5.32 Å². The second-order valence-electron chi connectivity index (χ2n) is 6.73. The maximum atomic E-state index is 10.9. The van der Waals surface area contributed by atoms with Crippen LogP contribution in [0.1, 0.15) is 39.5 Å². The fourth-order valence-corrected chi connectivity index (χ4v) is 3.21. The summed E-state index contributed by atoms with van der Waals surface area (Å²) in [4.78, 5) is 13.0. The average Bonchev–Trinajstić information content (AvgIpc) is 2.25. The van der Waals surface area contributed by atoms with Crippen LogP contribution in [-0.2, 0) is 4.79 Å². The number of nitrogens with one attached hydrogen (secondary N) is 1. The van der Waals surface area contributed by atoms with E-state index in [1.165, 1.54) is 25.7 Å². The number of carboxylic acids is 1. The van der Waals surface area contributed by atoms with E-state index in [0.717, 1.165) is 25.6 Å². The van der Waals surface area contributed by atoms with Gasteiger partial charge in [-0.2, -0.15) is 0 Å². The molecule has 2 N–H and O–H groups in total. The molecule has 0 radical (unpaired) electrons. The van der Waals surface area contributed by atoms with Crippen molar-refractivity contribution in [1.29, 1.82) is 0 Å². The summed E-state index contributed by atoms with van der Waals surface area (Å²) in [7, 11) is 0. The van der Waals surface area contributed by atoms with Gasteiger partial charge in [0.25, 0.3) is 0 Å². The minimum atomic E-state index is -0.706. The lowest BCUT2D eigenvalue weighted by molar-refractivity contribution is -0.139. The third-order valence-electron chi connectivity index (χ3n) is 4.78. The predicted molar refractivity (Wildman–Crippen MR) is 76.2 cm³/mol. The summed E-state index contributed by atoms with van der Waals surface area (Å²) in [5, 5.41) is 12.7. The molecule has 1 saturated carbocycles. The number of likely N-dealkylation sites (tertiary alicyclic amines) is 1. The van der Waals surface area contributed by atoms with Crippen LogP contribution in [0.25, 0.3) is 0 Å². The molecule has 1 heterocycles. The Hall–Kier alpha value is -0.610. The summed E-state index contributed by atoms with van der Waals surface area (Å²) in [6.45, 7) is 7.63. The number of nitrogens with zero attached hydrogens (tertiary/aromatic N) is 1. The molecule has 0 aromatic rings. The largest absolute Gasteiger partial charge is 0.480 e. The van der Waals surface area contributed by atoms with Gasteiger partial charge in [0, 0.05) is 19.1 Å². The van der Waals surface area contributed by atoms with E-state index in [0.29, 0.717) is 17.9 Å². The van der Waals surface area contributed by atoms with Crippen molar-refractivity contribution in [2.75, 3.05) is 26.2 Å². The zero-order valence-corrected chi connectivity index (χ0v) is 12.3. The van der Waals surface area contributed by atoms with Crippen molar-refractivity contribution in [2.24, 2.45) is 17.8 Å². The number of hydrogen-bond donors (Lipinski definition) is 2. The first-order chi connectivity index (χ1) is 9.04. The Morgan fingerprint density at radius 3 is 2.63 bits per heavy atom. The highest BCUT2D eigenvalue weighted by molar-refractivity contribution is 5.69. The average molecular weight is 268 g/mol. The Labute approximate surface area is 116 Å². The van der Waals surface area contributed by atoms with Gasteiger partial charge in [-0.1, -0.05) is 20.3 Å². The van der Waals surface area contributed by atoms with E-state index in [9.17, 15) is 4.79 Å². The van der Waals surface area contributed by atoms with Gasteiger partial charge in [-0.25, -0.2) is 0 Å². The van der Waals surface area contributed by atoms with Gasteiger partial charge in [0.05, 0.1) is 6.54 Å². The molecule has 1 aliphatic heterocycles. The lowest BCUT2D eigenvalue weighted by Gasteiger charge is -2.40. The molecule has 110 valence electrons. The number of carboxylic acid groups (broad SMARTS) is 1. The fourth-order valence-electron chi connectivity index (χ4n) is 3.21. The van der Waals surface area contributed by atoms with E-state index in [4.69, 9.17) is 5.11 Å². The molecule has 2 aliphatic rings. The van der Waals surface area contributed by atoms with Gasteiger partial charge in [0.1, 0.15) is 0 Å². The minimum absolute atomic E-state index is 0.185. The smallest absolute Gasteiger partial charge is 0.317 e. The van der Waals surface area contributed by atoms with Crippen molar-refractivity contribution < 1.29 is 9.90 Å². The lowest BCUT2D eigenvalue weighted by Crippen LogP contribution is -2.52. The Morgan fingerprint density at radius 1 is 1.37 bits per heavy atom. The van der Waals surface area contributed by atoms with Gasteiger partial charge < -0.3 is 10.4 Å². The predicted octanol–water partition coefficient (Wildman–Crippen LogP) is 1.81. The van der Waals surface area contributed by atoms with Gasteiger partial charge in [0.15, 0.2) is 0 Å². The lowest BCUT2D eigenvalue weighted by atomic mass is 9.83. The van der Waals surface area contributed by atoms with Crippen LogP contribution in [0.4, 0.5) is 0 Å². The van der Waals surface area contributed by atoms with Gasteiger partial charge in [0.2, 0.25) is 0 Å². The van der Waals surface area contributed by atoms with Crippen molar-refractivity contribution in [3.8, 4) is 0 Å². The summed E-state index contributed by atoms with van der Waals surface area (Å²) < 4.78 is 0. The molecule has 0 spiro atoms. The number of rotatable bonds is 6. The van der Waals surface area contributed by atoms with Crippen LogP contribution in [0, 0.1) is 17.8 Å². The van der Waals surface area contributed by atoms with Gasteiger partial charge >= 0.3 is 5.97 Å². The zero-order valence-electron chi connectivity index (χ0n) is 12.3. The molecular formula is C15H28N2O2. The van der Waals surface area contributed by atoms with Gasteiger partial charge in [-0.3, -0.25) is 9.69 Å². The molecule has 4 heteroatoms. The van der Waals surface area contributed by atoms with Crippen LogP contribution in [0.15, 0.2) is 0 Å². The van der Waals surface area contributed by atoms with E-state index in [1.54, 1.807) is 0 Å². The second kappa shape index (κ2) is 6.71. The topological polar surface area (TPSA) is 52.6 Å². The molecule has 0 aromatic heterocycles. The van der Waals surface area contributed by atoms with Crippen molar-refractivity contribution in [3.05, 3.63) is 0 Å². The summed E-state index contributed by atoms with van der Waals surface area (Å²) in [6.07, 6.45) is 5.32. The summed E-state index contributed by atoms with van der Waals surface area (Å²) in [5.41, 5.74) is 0. The summed E-state index contributed by atoms with van der Waals surface area (Å²) >= 11 is 0. The molecule has 0 bridgehead atoms. The van der Waals surface area contributed by atoms with Gasteiger partial charge in [-0.05, 0) is 43.6 Å². The van der Waals surface area contributed by atoms with Crippen molar-refractivity contribution in [2.45, 2.75) is 45.6 Å². The third-order valence-corrected chi connectivity index (χ3v) is 4.78. The van der Waals surface area contributed by atoms with Crippen LogP contribution >= 0.6 is 0 Å². The van der Waals surface area contributed by atoms with Crippen LogP contribution in [0.2, 0.25) is 0 Å². The normalized spacial score (nSPS) is 29.4. The quantitative estimate of drug-likeness (QED) is 0.771. The first-order valence-corrected chi connectivity index (χ1v) is 7.72. The highest BCUT2D eigenvalue weighted by atomic mass is 16.4. The maximum absolute atomic E-state index is 10.9. The van der Waals surface area contributed by atoms with Crippen LogP contribution in [0.3, 0.4) is 0 Å². The first-order valence-electron chi connectivity index (χ1n) is 7.72. The van der Waals surface area contributed by atoms with Crippen molar-refractivity contribution in [1.82, 2.24) is 10.2 Å². The first kappa shape index (κ1) is 14.8. The number of piperidine rings is 1. The Kier molecular flexibility index (Phi) is 5.22. The van der Waals surface area contributed by atoms with E-state index in [2.05, 4.69) is 24.1 Å². The monoisotopic (exact) mass is 268 g/mol. The highest BCUT2D eigenvalue weighted by Crippen LogP contribution is 2.27. The molecule has 2 atom stereocenters. The molecule has 2 fully saturated rings. The highest BCUT2D eigenvalue weighted by Gasteiger charge is 2.30. The number of aliphatic carboxylic acids is 1. The van der Waals surface area contributed by atoms with Crippen molar-refractivity contribution >= 4 is 5.97 Å². The number of hydrogen-bond acceptors (Lipinski definition) is 3. The second-order valence-corrected chi connectivity index (χ2v) is 6.73. The minimum Gasteiger partial charge on any atom is -0.480 e. The van der Waals surface area contributed by atoms with E-state index in [-0.39, 0.29) is 6.54 Å². The Morgan fingerprint density at radius 2 is 2.11 bits per heavy atom. The molecule has 2 unspecified atom stereocenters. The molecular weight excluding hydrogens is 240 g/mol. The van der Waals surface area contributed by atoms with Crippen molar-refractivity contribution in [3.63, 3.8) is 0 Å². The van der Waals surface area contributed by atoms with E-state index in [1.807, 2.05) is 0 Å². The summed E-state index contributed by atoms with van der Waals surface area (Å²) in [6, 6.07) is 0.473. The molecule has 19 heavy (non-hydrogen) atoms.